The SMILES string of the molecule is CCCCC/C=C\C/C=C\CCCCCCCCCC(=O)OC(COC(=O)CCCCCCC)COP(=O)(O)O. The highest BCUT2D eigenvalue weighted by molar-refractivity contribution is 7.46. The molecule has 9 heteroatoms. The summed E-state index contributed by atoms with van der Waals surface area (Å²) >= 11 is 0. The smallest absolute Gasteiger partial charge is 0.462 e. The lowest BCUT2D eigenvalue weighted by Gasteiger charge is -2.18. The maximum absolute atomic E-state index is 12.2. The van der Waals surface area contributed by atoms with Crippen molar-refractivity contribution in [2.45, 2.75) is 148 Å². The quantitative estimate of drug-likeness (QED) is 0.0404. The van der Waals surface area contributed by atoms with E-state index in [2.05, 4.69) is 42.7 Å². The van der Waals surface area contributed by atoms with E-state index in [1.807, 2.05) is 0 Å². The summed E-state index contributed by atoms with van der Waals surface area (Å²) < 4.78 is 26.0. The van der Waals surface area contributed by atoms with Gasteiger partial charge in [-0.15, -0.1) is 0 Å². The maximum atomic E-state index is 12.2. The second-order valence-electron chi connectivity index (χ2n) is 10.4. The summed E-state index contributed by atoms with van der Waals surface area (Å²) in [4.78, 5) is 42.1. The fraction of sp³-hybridized carbons (Fsp3) is 0.806. The van der Waals surface area contributed by atoms with E-state index in [-0.39, 0.29) is 19.4 Å². The first-order valence-electron chi connectivity index (χ1n) is 15.6. The Hall–Kier alpha value is -1.47. The molecule has 0 aliphatic heterocycles. The molecule has 0 aromatic rings. The van der Waals surface area contributed by atoms with Gasteiger partial charge < -0.3 is 19.3 Å². The molecule has 0 spiro atoms. The second kappa shape index (κ2) is 27.7. The van der Waals surface area contributed by atoms with E-state index in [0.717, 1.165) is 64.2 Å². The third-order valence-electron chi connectivity index (χ3n) is 6.47. The van der Waals surface area contributed by atoms with Crippen LogP contribution < -0.4 is 0 Å². The van der Waals surface area contributed by atoms with Crippen molar-refractivity contribution in [3.8, 4) is 0 Å². The Bertz CT molecular complexity index is 716. The van der Waals surface area contributed by atoms with E-state index in [1.54, 1.807) is 0 Å². The minimum absolute atomic E-state index is 0.204. The first-order valence-corrected chi connectivity index (χ1v) is 17.2. The topological polar surface area (TPSA) is 119 Å². The van der Waals surface area contributed by atoms with Crippen molar-refractivity contribution in [3.63, 3.8) is 0 Å². The molecule has 0 saturated carbocycles. The number of hydrogen-bond donors (Lipinski definition) is 2. The first-order chi connectivity index (χ1) is 19.3. The number of carbonyl (C=O) groups excluding carboxylic acids is 2. The van der Waals surface area contributed by atoms with Gasteiger partial charge in [0.25, 0.3) is 0 Å². The van der Waals surface area contributed by atoms with Gasteiger partial charge in [-0.1, -0.05) is 109 Å². The molecule has 234 valence electrons. The van der Waals surface area contributed by atoms with E-state index < -0.39 is 32.5 Å². The highest BCUT2D eigenvalue weighted by Crippen LogP contribution is 2.35. The van der Waals surface area contributed by atoms with Gasteiger partial charge in [0, 0.05) is 12.8 Å². The second-order valence-corrected chi connectivity index (χ2v) is 11.7. The lowest BCUT2D eigenvalue weighted by atomic mass is 10.1. The highest BCUT2D eigenvalue weighted by atomic mass is 31.2. The van der Waals surface area contributed by atoms with Crippen molar-refractivity contribution in [2.75, 3.05) is 13.2 Å². The van der Waals surface area contributed by atoms with Gasteiger partial charge in [0.2, 0.25) is 0 Å². The summed E-state index contributed by atoms with van der Waals surface area (Å²) in [5, 5.41) is 0. The number of allylic oxidation sites excluding steroid dienone is 4. The molecule has 0 aliphatic rings. The molecule has 0 heterocycles. The van der Waals surface area contributed by atoms with Crippen LogP contribution in [0.3, 0.4) is 0 Å². The Kier molecular flexibility index (Phi) is 26.7. The lowest BCUT2D eigenvalue weighted by molar-refractivity contribution is -0.161. The molecule has 40 heavy (non-hydrogen) atoms. The monoisotopic (exact) mass is 588 g/mol. The van der Waals surface area contributed by atoms with E-state index in [1.165, 1.54) is 44.9 Å². The predicted octanol–water partition coefficient (Wildman–Crippen LogP) is 8.50. The van der Waals surface area contributed by atoms with Crippen LogP contribution in [0.4, 0.5) is 0 Å². The van der Waals surface area contributed by atoms with Gasteiger partial charge in [-0.25, -0.2) is 4.57 Å². The molecular formula is C31H57O8P. The van der Waals surface area contributed by atoms with E-state index in [9.17, 15) is 14.2 Å². The van der Waals surface area contributed by atoms with Crippen LogP contribution in [0.2, 0.25) is 0 Å². The number of rotatable bonds is 28. The number of phosphoric acid groups is 1. The minimum Gasteiger partial charge on any atom is -0.462 e. The molecule has 0 amide bonds. The minimum atomic E-state index is -4.73. The Morgan fingerprint density at radius 1 is 0.650 bits per heavy atom. The van der Waals surface area contributed by atoms with Crippen LogP contribution in [0.15, 0.2) is 24.3 Å². The van der Waals surface area contributed by atoms with Gasteiger partial charge >= 0.3 is 19.8 Å². The standard InChI is InChI=1S/C31H57O8P/c1-3-5-7-9-10-11-12-13-14-15-16-17-18-19-20-22-24-26-31(33)39-29(28-38-40(34,35)36)27-37-30(32)25-23-21-8-6-4-2/h10-11,13-14,29H,3-9,12,15-28H2,1-2H3,(H2,34,35,36)/b11-10-,14-13-. The van der Waals surface area contributed by atoms with Crippen molar-refractivity contribution in [1.82, 2.24) is 0 Å². The Labute approximate surface area is 243 Å². The van der Waals surface area contributed by atoms with Crippen LogP contribution >= 0.6 is 7.82 Å². The number of esters is 2. The summed E-state index contributed by atoms with van der Waals surface area (Å²) in [5.41, 5.74) is 0. The Morgan fingerprint density at radius 2 is 1.12 bits per heavy atom. The molecule has 0 rings (SSSR count). The number of carbonyl (C=O) groups is 2. The first kappa shape index (κ1) is 38.5. The number of ether oxygens (including phenoxy) is 2. The normalized spacial score (nSPS) is 12.8. The number of hydrogen-bond acceptors (Lipinski definition) is 6. The van der Waals surface area contributed by atoms with Crippen LogP contribution in [-0.4, -0.2) is 41.0 Å². The number of phosphoric ester groups is 1. The summed E-state index contributed by atoms with van der Waals surface area (Å²) in [6, 6.07) is 0. The van der Waals surface area contributed by atoms with Crippen LogP contribution in [0.25, 0.3) is 0 Å². The third kappa shape index (κ3) is 29.5. The van der Waals surface area contributed by atoms with Gasteiger partial charge in [0.15, 0.2) is 6.10 Å². The van der Waals surface area contributed by atoms with Crippen molar-refractivity contribution in [1.29, 1.82) is 0 Å². The predicted molar refractivity (Wildman–Crippen MR) is 161 cm³/mol. The van der Waals surface area contributed by atoms with Crippen LogP contribution in [-0.2, 0) is 28.2 Å². The molecule has 0 bridgehead atoms. The van der Waals surface area contributed by atoms with Crippen LogP contribution in [0, 0.1) is 0 Å². The molecular weight excluding hydrogens is 531 g/mol. The summed E-state index contributed by atoms with van der Waals surface area (Å²) in [5.74, 6) is -0.910. The molecule has 0 saturated heterocycles. The van der Waals surface area contributed by atoms with Crippen molar-refractivity contribution in [3.05, 3.63) is 24.3 Å². The lowest BCUT2D eigenvalue weighted by Crippen LogP contribution is -2.29. The number of unbranched alkanes of at least 4 members (excludes halogenated alkanes) is 14. The van der Waals surface area contributed by atoms with E-state index in [4.69, 9.17) is 19.3 Å². The fourth-order valence-corrected chi connectivity index (χ4v) is 4.47. The highest BCUT2D eigenvalue weighted by Gasteiger charge is 2.22. The average Bonchev–Trinajstić information content (AvgIpc) is 2.91. The largest absolute Gasteiger partial charge is 0.469 e. The molecule has 2 N–H and O–H groups in total. The maximum Gasteiger partial charge on any atom is 0.469 e. The Morgan fingerprint density at radius 3 is 1.70 bits per heavy atom. The van der Waals surface area contributed by atoms with Gasteiger partial charge in [0.1, 0.15) is 6.61 Å². The van der Waals surface area contributed by atoms with Crippen LogP contribution in [0.5, 0.6) is 0 Å². The van der Waals surface area contributed by atoms with E-state index >= 15 is 0 Å². The van der Waals surface area contributed by atoms with Crippen molar-refractivity contribution in [2.24, 2.45) is 0 Å². The molecule has 0 aliphatic carbocycles. The molecule has 8 nitrogen and oxygen atoms in total. The summed E-state index contributed by atoms with van der Waals surface area (Å²) in [6.45, 7) is 3.52. The zero-order chi connectivity index (χ0) is 29.7. The molecule has 0 radical (unpaired) electrons. The zero-order valence-corrected chi connectivity index (χ0v) is 26.1. The summed E-state index contributed by atoms with van der Waals surface area (Å²) in [7, 11) is -4.73. The fourth-order valence-electron chi connectivity index (χ4n) is 4.11. The molecule has 0 fully saturated rings. The van der Waals surface area contributed by atoms with E-state index in [0.29, 0.717) is 6.42 Å². The molecule has 1 atom stereocenters. The third-order valence-corrected chi connectivity index (χ3v) is 6.96. The molecule has 1 unspecified atom stereocenters. The molecule has 0 aromatic heterocycles. The van der Waals surface area contributed by atoms with Crippen LogP contribution in [0.1, 0.15) is 142 Å². The average molecular weight is 589 g/mol. The summed E-state index contributed by atoms with van der Waals surface area (Å²) in [6.07, 6.45) is 28.0. The Balaban J connectivity index is 3.95. The molecule has 0 aromatic carbocycles. The van der Waals surface area contributed by atoms with Gasteiger partial charge in [-0.2, -0.15) is 0 Å². The van der Waals surface area contributed by atoms with Crippen molar-refractivity contribution < 1.29 is 37.9 Å². The van der Waals surface area contributed by atoms with Gasteiger partial charge in [0.05, 0.1) is 6.61 Å². The van der Waals surface area contributed by atoms with Gasteiger partial charge in [-0.3, -0.25) is 14.1 Å². The zero-order valence-electron chi connectivity index (χ0n) is 25.2. The van der Waals surface area contributed by atoms with Crippen molar-refractivity contribution >= 4 is 19.8 Å². The van der Waals surface area contributed by atoms with Gasteiger partial charge in [-0.05, 0) is 44.9 Å².